The third-order valence-corrected chi connectivity index (χ3v) is 5.31. The predicted octanol–water partition coefficient (Wildman–Crippen LogP) is 4.64. The van der Waals surface area contributed by atoms with Gasteiger partial charge in [0.2, 0.25) is 0 Å². The van der Waals surface area contributed by atoms with Crippen molar-refractivity contribution in [3.63, 3.8) is 0 Å². The number of hydrogen-bond donors (Lipinski definition) is 1. The summed E-state index contributed by atoms with van der Waals surface area (Å²) in [7, 11) is 0. The number of hydrogen-bond acceptors (Lipinski definition) is 3. The van der Waals surface area contributed by atoms with Gasteiger partial charge in [-0.25, -0.2) is 4.98 Å². The lowest BCUT2D eigenvalue weighted by Crippen LogP contribution is -2.13. The van der Waals surface area contributed by atoms with E-state index in [2.05, 4.69) is 19.2 Å². The van der Waals surface area contributed by atoms with Crippen LogP contribution in [0.2, 0.25) is 0 Å². The highest BCUT2D eigenvalue weighted by Crippen LogP contribution is 2.35. The lowest BCUT2D eigenvalue weighted by Gasteiger charge is -2.09. The van der Waals surface area contributed by atoms with Crippen molar-refractivity contribution < 1.29 is 0 Å². The van der Waals surface area contributed by atoms with E-state index in [1.54, 1.807) is 0 Å². The first-order valence-electron chi connectivity index (χ1n) is 8.04. The van der Waals surface area contributed by atoms with Crippen LogP contribution < -0.4 is 5.32 Å². The fourth-order valence-corrected chi connectivity index (χ4v) is 4.19. The smallest absolute Gasteiger partial charge is 0.0962 e. The Kier molecular flexibility index (Phi) is 6.32. The van der Waals surface area contributed by atoms with Crippen molar-refractivity contribution in [3.05, 3.63) is 15.6 Å². The van der Waals surface area contributed by atoms with Crippen molar-refractivity contribution in [1.82, 2.24) is 10.3 Å². The zero-order valence-corrected chi connectivity index (χ0v) is 13.3. The molecule has 1 heterocycles. The van der Waals surface area contributed by atoms with E-state index in [1.165, 1.54) is 60.5 Å². The molecule has 1 aromatic rings. The zero-order chi connectivity index (χ0) is 13.5. The van der Waals surface area contributed by atoms with Gasteiger partial charge in [0.05, 0.1) is 10.7 Å². The fourth-order valence-electron chi connectivity index (χ4n) is 2.90. The van der Waals surface area contributed by atoms with Gasteiger partial charge in [0.1, 0.15) is 0 Å². The average molecular weight is 280 g/mol. The van der Waals surface area contributed by atoms with Crippen LogP contribution in [0.3, 0.4) is 0 Å². The SMILES string of the molecule is CCCNCc1sc(C2CCCCCC2)nc1CC. The maximum atomic E-state index is 4.95. The maximum Gasteiger partial charge on any atom is 0.0962 e. The van der Waals surface area contributed by atoms with Gasteiger partial charge in [-0.3, -0.25) is 0 Å². The minimum absolute atomic E-state index is 0.748. The highest BCUT2D eigenvalue weighted by Gasteiger charge is 2.19. The molecule has 2 rings (SSSR count). The summed E-state index contributed by atoms with van der Waals surface area (Å²) >= 11 is 1.98. The van der Waals surface area contributed by atoms with Crippen LogP contribution in [0.5, 0.6) is 0 Å². The molecule has 1 fully saturated rings. The molecule has 3 heteroatoms. The lowest BCUT2D eigenvalue weighted by molar-refractivity contribution is 0.587. The average Bonchev–Trinajstić information content (AvgIpc) is 2.65. The van der Waals surface area contributed by atoms with Gasteiger partial charge >= 0.3 is 0 Å². The minimum Gasteiger partial charge on any atom is -0.312 e. The maximum absolute atomic E-state index is 4.95. The molecule has 1 N–H and O–H groups in total. The van der Waals surface area contributed by atoms with Crippen LogP contribution in [-0.4, -0.2) is 11.5 Å². The van der Waals surface area contributed by atoms with Crippen LogP contribution in [0.1, 0.15) is 80.3 Å². The summed E-state index contributed by atoms with van der Waals surface area (Å²) in [6.07, 6.45) is 10.6. The Labute approximate surface area is 122 Å². The Morgan fingerprint density at radius 1 is 1.16 bits per heavy atom. The molecule has 0 amide bonds. The Balaban J connectivity index is 2.03. The zero-order valence-electron chi connectivity index (χ0n) is 12.5. The Bertz CT molecular complexity index is 365. The summed E-state index contributed by atoms with van der Waals surface area (Å²) in [6.45, 7) is 6.58. The van der Waals surface area contributed by atoms with E-state index in [1.807, 2.05) is 11.3 Å². The fraction of sp³-hybridized carbons (Fsp3) is 0.812. The topological polar surface area (TPSA) is 24.9 Å². The van der Waals surface area contributed by atoms with Crippen molar-refractivity contribution in [2.45, 2.75) is 77.7 Å². The molecule has 19 heavy (non-hydrogen) atoms. The quantitative estimate of drug-likeness (QED) is 0.606. The van der Waals surface area contributed by atoms with Crippen LogP contribution in [0.4, 0.5) is 0 Å². The second-order valence-electron chi connectivity index (χ2n) is 5.64. The van der Waals surface area contributed by atoms with Gasteiger partial charge < -0.3 is 5.32 Å². The van der Waals surface area contributed by atoms with Gasteiger partial charge in [0, 0.05) is 17.3 Å². The van der Waals surface area contributed by atoms with Gasteiger partial charge in [-0.1, -0.05) is 39.5 Å². The molecular formula is C16H28N2S. The molecular weight excluding hydrogens is 252 g/mol. The molecule has 1 aromatic heterocycles. The molecule has 0 atom stereocenters. The summed E-state index contributed by atoms with van der Waals surface area (Å²) in [5.41, 5.74) is 1.34. The van der Waals surface area contributed by atoms with Gasteiger partial charge in [-0.2, -0.15) is 0 Å². The Hall–Kier alpha value is -0.410. The number of nitrogens with zero attached hydrogens (tertiary/aromatic N) is 1. The molecule has 0 aromatic carbocycles. The van der Waals surface area contributed by atoms with E-state index >= 15 is 0 Å². The molecule has 0 saturated heterocycles. The van der Waals surface area contributed by atoms with Gasteiger partial charge in [-0.15, -0.1) is 11.3 Å². The highest BCUT2D eigenvalue weighted by atomic mass is 32.1. The molecule has 0 unspecified atom stereocenters. The van der Waals surface area contributed by atoms with Gasteiger partial charge in [-0.05, 0) is 32.2 Å². The van der Waals surface area contributed by atoms with Crippen LogP contribution >= 0.6 is 11.3 Å². The molecule has 0 aliphatic heterocycles. The number of aryl methyl sites for hydroxylation is 1. The Morgan fingerprint density at radius 2 is 1.89 bits per heavy atom. The largest absolute Gasteiger partial charge is 0.312 e. The van der Waals surface area contributed by atoms with E-state index in [0.717, 1.165) is 25.4 Å². The van der Waals surface area contributed by atoms with Crippen LogP contribution in [0, 0.1) is 0 Å². The number of aromatic nitrogens is 1. The molecule has 108 valence electrons. The summed E-state index contributed by atoms with van der Waals surface area (Å²) in [5, 5.41) is 4.95. The second kappa shape index (κ2) is 8.01. The molecule has 0 bridgehead atoms. The van der Waals surface area contributed by atoms with Crippen molar-refractivity contribution in [2.75, 3.05) is 6.54 Å². The molecule has 1 saturated carbocycles. The molecule has 1 aliphatic carbocycles. The predicted molar refractivity (Wildman–Crippen MR) is 83.9 cm³/mol. The monoisotopic (exact) mass is 280 g/mol. The van der Waals surface area contributed by atoms with Crippen LogP contribution in [0.15, 0.2) is 0 Å². The van der Waals surface area contributed by atoms with E-state index in [4.69, 9.17) is 4.98 Å². The third-order valence-electron chi connectivity index (χ3n) is 4.05. The van der Waals surface area contributed by atoms with E-state index in [9.17, 15) is 0 Å². The van der Waals surface area contributed by atoms with E-state index in [-0.39, 0.29) is 0 Å². The Morgan fingerprint density at radius 3 is 2.53 bits per heavy atom. The molecule has 2 nitrogen and oxygen atoms in total. The highest BCUT2D eigenvalue weighted by molar-refractivity contribution is 7.11. The van der Waals surface area contributed by atoms with Gasteiger partial charge in [0.15, 0.2) is 0 Å². The van der Waals surface area contributed by atoms with Gasteiger partial charge in [0.25, 0.3) is 0 Å². The van der Waals surface area contributed by atoms with Crippen molar-refractivity contribution >= 4 is 11.3 Å². The summed E-state index contributed by atoms with van der Waals surface area (Å²) in [4.78, 5) is 6.43. The first-order chi connectivity index (χ1) is 9.35. The van der Waals surface area contributed by atoms with Crippen LogP contribution in [-0.2, 0) is 13.0 Å². The summed E-state index contributed by atoms with van der Waals surface area (Å²) < 4.78 is 0. The normalized spacial score (nSPS) is 17.6. The third kappa shape index (κ3) is 4.28. The van der Waals surface area contributed by atoms with Crippen LogP contribution in [0.25, 0.3) is 0 Å². The van der Waals surface area contributed by atoms with Crippen molar-refractivity contribution in [3.8, 4) is 0 Å². The molecule has 1 aliphatic rings. The standard InChI is InChI=1S/C16H28N2S/c1-3-11-17-12-15-14(4-2)18-16(19-15)13-9-7-5-6-8-10-13/h13,17H,3-12H2,1-2H3. The first-order valence-corrected chi connectivity index (χ1v) is 8.86. The number of thiazole rings is 1. The van der Waals surface area contributed by atoms with Crippen molar-refractivity contribution in [1.29, 1.82) is 0 Å². The van der Waals surface area contributed by atoms with E-state index in [0.29, 0.717) is 0 Å². The minimum atomic E-state index is 0.748. The molecule has 0 radical (unpaired) electrons. The van der Waals surface area contributed by atoms with E-state index < -0.39 is 0 Å². The number of rotatable bonds is 6. The summed E-state index contributed by atoms with van der Waals surface area (Å²) in [5.74, 6) is 0.748. The van der Waals surface area contributed by atoms with Crippen molar-refractivity contribution in [2.24, 2.45) is 0 Å². The second-order valence-corrected chi connectivity index (χ2v) is 6.76. The summed E-state index contributed by atoms with van der Waals surface area (Å²) in [6, 6.07) is 0. The lowest BCUT2D eigenvalue weighted by atomic mass is 10.0. The first kappa shape index (κ1) is 15.0. The number of nitrogens with one attached hydrogen (secondary N) is 1. The molecule has 0 spiro atoms.